The lowest BCUT2D eigenvalue weighted by atomic mass is 10.1. The Hall–Kier alpha value is -2.15. The summed E-state index contributed by atoms with van der Waals surface area (Å²) in [7, 11) is 3.35. The first-order valence-electron chi connectivity index (χ1n) is 6.61. The first-order chi connectivity index (χ1) is 9.88. The Kier molecular flexibility index (Phi) is 6.10. The molecule has 0 amide bonds. The van der Waals surface area contributed by atoms with Gasteiger partial charge in [0.1, 0.15) is 0 Å². The van der Waals surface area contributed by atoms with E-state index in [4.69, 9.17) is 4.74 Å². The third-order valence-electron chi connectivity index (χ3n) is 3.06. The Morgan fingerprint density at radius 3 is 2.43 bits per heavy atom. The van der Waals surface area contributed by atoms with Crippen molar-refractivity contribution < 1.29 is 9.66 Å². The lowest BCUT2D eigenvalue weighted by Gasteiger charge is -2.24. The van der Waals surface area contributed by atoms with Gasteiger partial charge in [-0.05, 0) is 19.4 Å². The summed E-state index contributed by atoms with van der Waals surface area (Å²) in [5, 5.41) is 16.9. The summed E-state index contributed by atoms with van der Waals surface area (Å²) in [5.41, 5.74) is 0.739. The monoisotopic (exact) mass is 294 g/mol. The van der Waals surface area contributed by atoms with E-state index < -0.39 is 4.92 Å². The highest BCUT2D eigenvalue weighted by Gasteiger charge is 2.16. The molecule has 116 valence electrons. The first kappa shape index (κ1) is 16.9. The third kappa shape index (κ3) is 5.78. The molecule has 1 aromatic carbocycles. The van der Waals surface area contributed by atoms with Crippen molar-refractivity contribution in [2.24, 2.45) is 4.99 Å². The minimum atomic E-state index is -0.412. The number of rotatable bonds is 6. The molecule has 0 spiro atoms. The molecule has 1 rings (SSSR count). The summed E-state index contributed by atoms with van der Waals surface area (Å²) in [6.07, 6.45) is 0. The van der Waals surface area contributed by atoms with E-state index in [-0.39, 0.29) is 11.3 Å². The van der Waals surface area contributed by atoms with Gasteiger partial charge in [-0.25, -0.2) is 0 Å². The highest BCUT2D eigenvalue weighted by Crippen LogP contribution is 2.11. The smallest absolute Gasteiger partial charge is 0.269 e. The molecule has 21 heavy (non-hydrogen) atoms. The Bertz CT molecular complexity index is 497. The molecular formula is C14H22N4O3. The van der Waals surface area contributed by atoms with Crippen LogP contribution >= 0.6 is 0 Å². The van der Waals surface area contributed by atoms with Gasteiger partial charge in [0.2, 0.25) is 0 Å². The number of guanidine groups is 1. The maximum atomic E-state index is 10.6. The van der Waals surface area contributed by atoms with E-state index >= 15 is 0 Å². The summed E-state index contributed by atoms with van der Waals surface area (Å²) >= 11 is 0. The number of nitrogens with one attached hydrogen (secondary N) is 2. The maximum Gasteiger partial charge on any atom is 0.269 e. The Morgan fingerprint density at radius 2 is 1.95 bits per heavy atom. The van der Waals surface area contributed by atoms with Gasteiger partial charge < -0.3 is 15.4 Å². The number of nitrogens with zero attached hydrogens (tertiary/aromatic N) is 2. The molecule has 0 atom stereocenters. The van der Waals surface area contributed by atoms with Crippen LogP contribution in [0.3, 0.4) is 0 Å². The number of hydrogen-bond donors (Lipinski definition) is 2. The third-order valence-corrected chi connectivity index (χ3v) is 3.06. The van der Waals surface area contributed by atoms with E-state index in [1.165, 1.54) is 12.1 Å². The van der Waals surface area contributed by atoms with E-state index in [1.54, 1.807) is 26.3 Å². The van der Waals surface area contributed by atoms with Crippen LogP contribution in [0, 0.1) is 10.1 Å². The van der Waals surface area contributed by atoms with E-state index in [1.807, 2.05) is 13.8 Å². The Balaban J connectivity index is 2.50. The van der Waals surface area contributed by atoms with Crippen molar-refractivity contribution in [3.05, 3.63) is 39.9 Å². The molecule has 0 aliphatic carbocycles. The largest absolute Gasteiger partial charge is 0.377 e. The van der Waals surface area contributed by atoms with Crippen molar-refractivity contribution >= 4 is 11.6 Å². The van der Waals surface area contributed by atoms with Gasteiger partial charge in [-0.15, -0.1) is 0 Å². The molecule has 0 saturated heterocycles. The molecule has 0 bridgehead atoms. The molecule has 7 heteroatoms. The maximum absolute atomic E-state index is 10.6. The van der Waals surface area contributed by atoms with Crippen LogP contribution in [0.25, 0.3) is 0 Å². The average Bonchev–Trinajstić information content (AvgIpc) is 2.48. The fraction of sp³-hybridized carbons (Fsp3) is 0.500. The van der Waals surface area contributed by atoms with E-state index in [9.17, 15) is 10.1 Å². The summed E-state index contributed by atoms with van der Waals surface area (Å²) < 4.78 is 5.32. The van der Waals surface area contributed by atoms with Crippen molar-refractivity contribution in [1.82, 2.24) is 10.6 Å². The van der Waals surface area contributed by atoms with Crippen molar-refractivity contribution in [2.45, 2.75) is 26.0 Å². The van der Waals surface area contributed by atoms with E-state index in [0.29, 0.717) is 19.0 Å². The van der Waals surface area contributed by atoms with Crippen LogP contribution in [0.1, 0.15) is 19.4 Å². The number of benzene rings is 1. The highest BCUT2D eigenvalue weighted by molar-refractivity contribution is 5.79. The number of nitro groups is 1. The predicted molar refractivity (Wildman–Crippen MR) is 82.4 cm³/mol. The molecular weight excluding hydrogens is 272 g/mol. The normalized spacial score (nSPS) is 12.1. The average molecular weight is 294 g/mol. The summed E-state index contributed by atoms with van der Waals surface area (Å²) in [6, 6.07) is 6.41. The summed E-state index contributed by atoms with van der Waals surface area (Å²) in [6.45, 7) is 5.10. The van der Waals surface area contributed by atoms with Gasteiger partial charge in [0.25, 0.3) is 5.69 Å². The molecule has 0 aliphatic rings. The molecule has 2 N–H and O–H groups in total. The topological polar surface area (TPSA) is 88.8 Å². The van der Waals surface area contributed by atoms with Gasteiger partial charge in [0.05, 0.1) is 10.5 Å². The molecule has 1 aromatic rings. The number of non-ortho nitro benzene ring substituents is 1. The summed E-state index contributed by atoms with van der Waals surface area (Å²) in [4.78, 5) is 14.3. The minimum Gasteiger partial charge on any atom is -0.377 e. The number of methoxy groups -OCH3 is 1. The quantitative estimate of drug-likeness (QED) is 0.361. The van der Waals surface area contributed by atoms with Crippen molar-refractivity contribution in [3.63, 3.8) is 0 Å². The van der Waals surface area contributed by atoms with Crippen LogP contribution < -0.4 is 10.6 Å². The van der Waals surface area contributed by atoms with Crippen LogP contribution in [0.2, 0.25) is 0 Å². The molecule has 0 saturated carbocycles. The standard InChI is InChI=1S/C14H22N4O3/c1-14(2,21-4)10-17-13(15-3)16-9-11-5-7-12(8-6-11)18(19)20/h5-8H,9-10H2,1-4H3,(H2,15,16,17). The minimum absolute atomic E-state index is 0.0862. The highest BCUT2D eigenvalue weighted by atomic mass is 16.6. The lowest BCUT2D eigenvalue weighted by molar-refractivity contribution is -0.384. The molecule has 0 unspecified atom stereocenters. The van der Waals surface area contributed by atoms with Gasteiger partial charge in [0.15, 0.2) is 5.96 Å². The lowest BCUT2D eigenvalue weighted by Crippen LogP contribution is -2.45. The van der Waals surface area contributed by atoms with Gasteiger partial charge in [-0.3, -0.25) is 15.1 Å². The second kappa shape index (κ2) is 7.58. The van der Waals surface area contributed by atoms with Crippen LogP contribution in [0.4, 0.5) is 5.69 Å². The number of nitro benzene ring substituents is 1. The predicted octanol–water partition coefficient (Wildman–Crippen LogP) is 1.68. The van der Waals surface area contributed by atoms with Gasteiger partial charge in [0, 0.05) is 39.4 Å². The van der Waals surface area contributed by atoms with Crippen LogP contribution in [0.15, 0.2) is 29.3 Å². The van der Waals surface area contributed by atoms with Crippen molar-refractivity contribution in [1.29, 1.82) is 0 Å². The van der Waals surface area contributed by atoms with Gasteiger partial charge in [-0.1, -0.05) is 12.1 Å². The Labute approximate surface area is 124 Å². The summed E-state index contributed by atoms with van der Waals surface area (Å²) in [5.74, 6) is 0.651. The van der Waals surface area contributed by atoms with Crippen LogP contribution in [-0.4, -0.2) is 37.2 Å². The van der Waals surface area contributed by atoms with Crippen LogP contribution in [-0.2, 0) is 11.3 Å². The van der Waals surface area contributed by atoms with Crippen molar-refractivity contribution in [3.8, 4) is 0 Å². The van der Waals surface area contributed by atoms with Gasteiger partial charge >= 0.3 is 0 Å². The van der Waals surface area contributed by atoms with Crippen molar-refractivity contribution in [2.75, 3.05) is 20.7 Å². The molecule has 0 radical (unpaired) electrons. The molecule has 0 aliphatic heterocycles. The fourth-order valence-electron chi connectivity index (χ4n) is 1.51. The second-order valence-corrected chi connectivity index (χ2v) is 5.17. The molecule has 0 fully saturated rings. The van der Waals surface area contributed by atoms with E-state index in [2.05, 4.69) is 15.6 Å². The molecule has 0 aromatic heterocycles. The molecule has 7 nitrogen and oxygen atoms in total. The van der Waals surface area contributed by atoms with E-state index in [0.717, 1.165) is 5.56 Å². The fourth-order valence-corrected chi connectivity index (χ4v) is 1.51. The number of aliphatic imine (C=N–C) groups is 1. The number of hydrogen-bond acceptors (Lipinski definition) is 4. The zero-order valence-corrected chi connectivity index (χ0v) is 12.8. The number of ether oxygens (including phenoxy) is 1. The van der Waals surface area contributed by atoms with Crippen LogP contribution in [0.5, 0.6) is 0 Å². The van der Waals surface area contributed by atoms with Gasteiger partial charge in [-0.2, -0.15) is 0 Å². The SMILES string of the molecule is CN=C(NCc1ccc([N+](=O)[O-])cc1)NCC(C)(C)OC. The zero-order valence-electron chi connectivity index (χ0n) is 12.8. The first-order valence-corrected chi connectivity index (χ1v) is 6.61. The second-order valence-electron chi connectivity index (χ2n) is 5.17. The zero-order chi connectivity index (χ0) is 15.9. The Morgan fingerprint density at radius 1 is 1.33 bits per heavy atom. The molecule has 0 heterocycles.